The van der Waals surface area contributed by atoms with E-state index in [1.165, 1.54) is 6.33 Å². The fourth-order valence-electron chi connectivity index (χ4n) is 5.64. The van der Waals surface area contributed by atoms with Crippen LogP contribution in [0.25, 0.3) is 22.3 Å². The number of nitrogen functional groups attached to an aromatic ring is 1. The first-order valence-corrected chi connectivity index (χ1v) is 13.6. The molecule has 1 saturated carbocycles. The SMILES string of the molecule is CC(C)C(C(=O)NC1CCC(n2nc(-c3ccc(Oc4ccccc4)cc3)c3c(N)ncnc32)CC1)N(C)C. The average Bonchev–Trinajstić information content (AvgIpc) is 3.31. The lowest BCUT2D eigenvalue weighted by molar-refractivity contribution is -0.128. The Morgan fingerprint density at radius 2 is 1.67 bits per heavy atom. The van der Waals surface area contributed by atoms with Crippen LogP contribution in [0.5, 0.6) is 11.5 Å². The second-order valence-corrected chi connectivity index (χ2v) is 10.9. The number of carbonyl (C=O) groups is 1. The molecule has 2 aromatic carbocycles. The van der Waals surface area contributed by atoms with Gasteiger partial charge in [0.15, 0.2) is 5.65 Å². The molecule has 0 aliphatic heterocycles. The molecular formula is C30H37N7O2. The van der Waals surface area contributed by atoms with E-state index >= 15 is 0 Å². The molecule has 1 unspecified atom stereocenters. The van der Waals surface area contributed by atoms with E-state index in [2.05, 4.69) is 29.1 Å². The zero-order valence-electron chi connectivity index (χ0n) is 23.0. The number of nitrogens with two attached hydrogens (primary N) is 1. The first-order chi connectivity index (χ1) is 18.8. The summed E-state index contributed by atoms with van der Waals surface area (Å²) in [5, 5.41) is 9.06. The number of hydrogen-bond donors (Lipinski definition) is 2. The molecule has 9 heteroatoms. The maximum Gasteiger partial charge on any atom is 0.237 e. The fraction of sp³-hybridized carbons (Fsp3) is 0.400. The Bertz CT molecular complexity index is 1400. The summed E-state index contributed by atoms with van der Waals surface area (Å²) in [6.07, 6.45) is 5.05. The molecule has 1 aliphatic rings. The second kappa shape index (κ2) is 11.4. The molecule has 3 N–H and O–H groups in total. The van der Waals surface area contributed by atoms with Gasteiger partial charge in [0.2, 0.25) is 5.91 Å². The molecule has 1 atom stereocenters. The second-order valence-electron chi connectivity index (χ2n) is 10.9. The fourth-order valence-corrected chi connectivity index (χ4v) is 5.64. The summed E-state index contributed by atoms with van der Waals surface area (Å²) >= 11 is 0. The van der Waals surface area contributed by atoms with Crippen molar-refractivity contribution in [2.45, 2.75) is 57.7 Å². The molecule has 1 fully saturated rings. The van der Waals surface area contributed by atoms with E-state index in [1.54, 1.807) is 0 Å². The third-order valence-electron chi connectivity index (χ3n) is 7.47. The van der Waals surface area contributed by atoms with E-state index in [1.807, 2.05) is 78.3 Å². The molecule has 1 amide bonds. The lowest BCUT2D eigenvalue weighted by Crippen LogP contribution is -2.50. The van der Waals surface area contributed by atoms with E-state index in [9.17, 15) is 4.79 Å². The molecule has 1 aliphatic carbocycles. The number of nitrogens with one attached hydrogen (secondary N) is 1. The molecule has 204 valence electrons. The van der Waals surface area contributed by atoms with Gasteiger partial charge in [-0.3, -0.25) is 9.69 Å². The van der Waals surface area contributed by atoms with Crippen LogP contribution in [0.2, 0.25) is 0 Å². The maximum atomic E-state index is 12.9. The summed E-state index contributed by atoms with van der Waals surface area (Å²) in [4.78, 5) is 23.8. The first kappa shape index (κ1) is 26.6. The molecular weight excluding hydrogens is 490 g/mol. The summed E-state index contributed by atoms with van der Waals surface area (Å²) in [5.74, 6) is 2.29. The predicted molar refractivity (Wildman–Crippen MR) is 153 cm³/mol. The topological polar surface area (TPSA) is 111 Å². The van der Waals surface area contributed by atoms with Crippen LogP contribution in [0.4, 0.5) is 5.82 Å². The lowest BCUT2D eigenvalue weighted by atomic mass is 9.90. The number of ether oxygens (including phenoxy) is 1. The number of anilines is 1. The van der Waals surface area contributed by atoms with Crippen molar-refractivity contribution in [3.8, 4) is 22.8 Å². The Hall–Kier alpha value is -3.98. The van der Waals surface area contributed by atoms with Crippen molar-refractivity contribution in [3.63, 3.8) is 0 Å². The van der Waals surface area contributed by atoms with Gasteiger partial charge in [0.25, 0.3) is 0 Å². The van der Waals surface area contributed by atoms with Crippen molar-refractivity contribution in [2.24, 2.45) is 5.92 Å². The standard InChI is InChI=1S/C30H37N7O2/c1-19(2)27(36(3)4)30(38)34-21-12-14-22(15-13-21)37-29-25(28(31)32-18-33-29)26(35-37)20-10-16-24(17-11-20)39-23-8-6-5-7-9-23/h5-11,16-19,21-22,27H,12-15H2,1-4H3,(H,34,38)(H2,31,32,33). The molecule has 9 nitrogen and oxygen atoms in total. The van der Waals surface area contributed by atoms with Gasteiger partial charge in [-0.15, -0.1) is 0 Å². The molecule has 5 rings (SSSR count). The Kier molecular flexibility index (Phi) is 7.79. The number of nitrogens with zero attached hydrogens (tertiary/aromatic N) is 5. The summed E-state index contributed by atoms with van der Waals surface area (Å²) in [6.45, 7) is 4.16. The van der Waals surface area contributed by atoms with Gasteiger partial charge >= 0.3 is 0 Å². The summed E-state index contributed by atoms with van der Waals surface area (Å²) in [6, 6.07) is 17.7. The van der Waals surface area contributed by atoms with Crippen LogP contribution in [0.3, 0.4) is 0 Å². The molecule has 2 heterocycles. The van der Waals surface area contributed by atoms with E-state index < -0.39 is 0 Å². The Morgan fingerprint density at radius 1 is 1.00 bits per heavy atom. The monoisotopic (exact) mass is 527 g/mol. The van der Waals surface area contributed by atoms with Crippen LogP contribution in [-0.4, -0.2) is 56.7 Å². The first-order valence-electron chi connectivity index (χ1n) is 13.6. The quantitative estimate of drug-likeness (QED) is 0.330. The van der Waals surface area contributed by atoms with Crippen molar-refractivity contribution in [1.82, 2.24) is 30.0 Å². The number of benzene rings is 2. The van der Waals surface area contributed by atoms with Crippen molar-refractivity contribution in [3.05, 3.63) is 60.9 Å². The van der Waals surface area contributed by atoms with E-state index in [0.717, 1.165) is 59.5 Å². The number of hydrogen-bond acceptors (Lipinski definition) is 7. The molecule has 2 aromatic heterocycles. The number of amides is 1. The number of carbonyl (C=O) groups excluding carboxylic acids is 1. The minimum Gasteiger partial charge on any atom is -0.457 e. The molecule has 39 heavy (non-hydrogen) atoms. The van der Waals surface area contributed by atoms with Crippen LogP contribution in [0.15, 0.2) is 60.9 Å². The highest BCUT2D eigenvalue weighted by Crippen LogP contribution is 2.36. The van der Waals surface area contributed by atoms with Gasteiger partial charge in [-0.05, 0) is 82.1 Å². The Labute approximate surface area is 229 Å². The largest absolute Gasteiger partial charge is 0.457 e. The van der Waals surface area contributed by atoms with Gasteiger partial charge < -0.3 is 15.8 Å². The van der Waals surface area contributed by atoms with Crippen LogP contribution in [0.1, 0.15) is 45.6 Å². The predicted octanol–water partition coefficient (Wildman–Crippen LogP) is 5.05. The normalized spacial score (nSPS) is 18.4. The summed E-state index contributed by atoms with van der Waals surface area (Å²) in [5.41, 5.74) is 8.76. The number of aromatic nitrogens is 4. The van der Waals surface area contributed by atoms with Crippen LogP contribution >= 0.6 is 0 Å². The maximum absolute atomic E-state index is 12.9. The number of fused-ring (bicyclic) bond motifs is 1. The van der Waals surface area contributed by atoms with Crippen molar-refractivity contribution >= 4 is 22.8 Å². The molecule has 0 bridgehead atoms. The number of para-hydroxylation sites is 1. The molecule has 0 spiro atoms. The zero-order chi connectivity index (χ0) is 27.5. The Morgan fingerprint density at radius 3 is 2.31 bits per heavy atom. The smallest absolute Gasteiger partial charge is 0.237 e. The third kappa shape index (κ3) is 5.73. The molecule has 0 radical (unpaired) electrons. The highest BCUT2D eigenvalue weighted by Gasteiger charge is 2.30. The molecule has 4 aromatic rings. The van der Waals surface area contributed by atoms with Gasteiger partial charge in [-0.2, -0.15) is 5.10 Å². The van der Waals surface area contributed by atoms with Gasteiger partial charge in [0.1, 0.15) is 29.3 Å². The molecule has 0 saturated heterocycles. The van der Waals surface area contributed by atoms with Gasteiger partial charge in [0, 0.05) is 11.6 Å². The minimum absolute atomic E-state index is 0.102. The van der Waals surface area contributed by atoms with E-state index in [-0.39, 0.29) is 30.0 Å². The van der Waals surface area contributed by atoms with Crippen LogP contribution in [-0.2, 0) is 4.79 Å². The van der Waals surface area contributed by atoms with Crippen molar-refractivity contribution in [1.29, 1.82) is 0 Å². The summed E-state index contributed by atoms with van der Waals surface area (Å²) in [7, 11) is 3.91. The Balaban J connectivity index is 1.34. The van der Waals surface area contributed by atoms with Gasteiger partial charge in [-0.25, -0.2) is 14.6 Å². The van der Waals surface area contributed by atoms with Crippen molar-refractivity contribution < 1.29 is 9.53 Å². The lowest BCUT2D eigenvalue weighted by Gasteiger charge is -2.33. The average molecular weight is 528 g/mol. The van der Waals surface area contributed by atoms with Crippen LogP contribution < -0.4 is 15.8 Å². The zero-order valence-corrected chi connectivity index (χ0v) is 23.0. The third-order valence-corrected chi connectivity index (χ3v) is 7.47. The van der Waals surface area contributed by atoms with Gasteiger partial charge in [0.05, 0.1) is 17.5 Å². The van der Waals surface area contributed by atoms with E-state index in [0.29, 0.717) is 5.82 Å². The number of likely N-dealkylation sites (N-methyl/N-ethyl adjacent to an activating group) is 1. The van der Waals surface area contributed by atoms with E-state index in [4.69, 9.17) is 15.6 Å². The summed E-state index contributed by atoms with van der Waals surface area (Å²) < 4.78 is 7.96. The highest BCUT2D eigenvalue weighted by atomic mass is 16.5. The number of rotatable bonds is 8. The van der Waals surface area contributed by atoms with Crippen LogP contribution in [0, 0.1) is 5.92 Å². The van der Waals surface area contributed by atoms with Gasteiger partial charge in [-0.1, -0.05) is 32.0 Å². The minimum atomic E-state index is -0.135. The van der Waals surface area contributed by atoms with Crippen molar-refractivity contribution in [2.75, 3.05) is 19.8 Å². The highest BCUT2D eigenvalue weighted by molar-refractivity contribution is 5.98.